The van der Waals surface area contributed by atoms with E-state index < -0.39 is 23.5 Å². The second kappa shape index (κ2) is 7.53. The topological polar surface area (TPSA) is 68.6 Å². The van der Waals surface area contributed by atoms with E-state index in [1.165, 1.54) is 24.3 Å². The van der Waals surface area contributed by atoms with Gasteiger partial charge >= 0.3 is 0 Å². The zero-order valence-electron chi connectivity index (χ0n) is 16.8. The fraction of sp³-hybridized carbons (Fsp3) is 0.174. The van der Waals surface area contributed by atoms with Crippen molar-refractivity contribution >= 4 is 28.5 Å². The largest absolute Gasteiger partial charge is 0.356 e. The van der Waals surface area contributed by atoms with Crippen LogP contribution in [0.2, 0.25) is 5.02 Å². The van der Waals surface area contributed by atoms with Gasteiger partial charge in [0, 0.05) is 34.4 Å². The van der Waals surface area contributed by atoms with Gasteiger partial charge in [-0.15, -0.1) is 0 Å². The third kappa shape index (κ3) is 3.17. The summed E-state index contributed by atoms with van der Waals surface area (Å²) in [6.45, 7) is 2.09. The minimum absolute atomic E-state index is 0.0177. The fourth-order valence-electron chi connectivity index (χ4n) is 4.29. The molecular weight excluding hydrogens is 439 g/mol. The molecule has 1 atom stereocenters. The van der Waals surface area contributed by atoms with Crippen molar-refractivity contribution in [1.29, 1.82) is 5.26 Å². The molecule has 4 aromatic rings. The number of aromatic amines is 1. The standard InChI is InChI=1S/C23H15ClF3N5/c1-11-7-12(10-28)30-23(29-11)32-6-5-13-15-8-16(24)18(26)9-19(15)31-21(13)22(32)14-3-2-4-17(25)20(14)27/h2-4,7-9,22,31H,5-6H2,1H3. The summed E-state index contributed by atoms with van der Waals surface area (Å²) in [7, 11) is 0. The first kappa shape index (κ1) is 20.3. The molecule has 0 spiro atoms. The summed E-state index contributed by atoms with van der Waals surface area (Å²) in [4.78, 5) is 13.6. The molecule has 5 nitrogen and oxygen atoms in total. The molecule has 0 amide bonds. The molecule has 160 valence electrons. The van der Waals surface area contributed by atoms with E-state index in [-0.39, 0.29) is 22.2 Å². The first-order valence-corrected chi connectivity index (χ1v) is 10.2. The Hall–Kier alpha value is -3.57. The highest BCUT2D eigenvalue weighted by Crippen LogP contribution is 2.41. The van der Waals surface area contributed by atoms with Crippen LogP contribution in [-0.4, -0.2) is 21.5 Å². The number of hydrogen-bond acceptors (Lipinski definition) is 4. The van der Waals surface area contributed by atoms with Gasteiger partial charge in [-0.2, -0.15) is 5.26 Å². The first-order valence-electron chi connectivity index (χ1n) is 9.83. The second-order valence-corrected chi connectivity index (χ2v) is 8.03. The Bertz CT molecular complexity index is 1430. The molecule has 0 saturated heterocycles. The Morgan fingerprint density at radius 3 is 2.75 bits per heavy atom. The molecule has 5 rings (SSSR count). The minimum atomic E-state index is -0.994. The summed E-state index contributed by atoms with van der Waals surface area (Å²) in [6, 6.07) is 9.51. The molecule has 32 heavy (non-hydrogen) atoms. The maximum Gasteiger partial charge on any atom is 0.227 e. The highest BCUT2D eigenvalue weighted by atomic mass is 35.5. The van der Waals surface area contributed by atoms with E-state index in [2.05, 4.69) is 15.0 Å². The summed E-state index contributed by atoms with van der Waals surface area (Å²) < 4.78 is 43.3. The lowest BCUT2D eigenvalue weighted by atomic mass is 9.92. The van der Waals surface area contributed by atoms with E-state index in [0.29, 0.717) is 29.9 Å². The number of H-pyrrole nitrogens is 1. The van der Waals surface area contributed by atoms with Gasteiger partial charge in [0.15, 0.2) is 11.6 Å². The van der Waals surface area contributed by atoms with E-state index in [4.69, 9.17) is 11.6 Å². The van der Waals surface area contributed by atoms with Gasteiger partial charge < -0.3 is 9.88 Å². The summed E-state index contributed by atoms with van der Waals surface area (Å²) in [5.41, 5.74) is 2.72. The number of benzene rings is 2. The molecule has 0 radical (unpaired) electrons. The van der Waals surface area contributed by atoms with Crippen LogP contribution in [0.3, 0.4) is 0 Å². The highest BCUT2D eigenvalue weighted by Gasteiger charge is 2.36. The number of nitriles is 1. The van der Waals surface area contributed by atoms with Crippen molar-refractivity contribution in [3.8, 4) is 6.07 Å². The van der Waals surface area contributed by atoms with Crippen molar-refractivity contribution < 1.29 is 13.2 Å². The van der Waals surface area contributed by atoms with Crippen LogP contribution in [0.5, 0.6) is 0 Å². The number of hydrogen-bond donors (Lipinski definition) is 1. The summed E-state index contributed by atoms with van der Waals surface area (Å²) >= 11 is 6.00. The van der Waals surface area contributed by atoms with Crippen LogP contribution in [0.25, 0.3) is 10.9 Å². The number of fused-ring (bicyclic) bond motifs is 3. The maximum atomic E-state index is 15.0. The van der Waals surface area contributed by atoms with Crippen molar-refractivity contribution in [2.45, 2.75) is 19.4 Å². The third-order valence-corrected chi connectivity index (χ3v) is 5.95. The minimum Gasteiger partial charge on any atom is -0.356 e. The number of halogens is 4. The number of aromatic nitrogens is 3. The molecule has 0 aliphatic carbocycles. The number of aryl methyl sites for hydroxylation is 1. The quantitative estimate of drug-likeness (QED) is 0.443. The van der Waals surface area contributed by atoms with Gasteiger partial charge in [-0.25, -0.2) is 23.1 Å². The third-order valence-electron chi connectivity index (χ3n) is 5.66. The zero-order valence-corrected chi connectivity index (χ0v) is 17.5. The predicted molar refractivity (Wildman–Crippen MR) is 114 cm³/mol. The van der Waals surface area contributed by atoms with Crippen molar-refractivity contribution in [2.24, 2.45) is 0 Å². The van der Waals surface area contributed by atoms with Crippen LogP contribution in [0.15, 0.2) is 36.4 Å². The van der Waals surface area contributed by atoms with E-state index in [1.54, 1.807) is 17.9 Å². The van der Waals surface area contributed by atoms with Crippen LogP contribution >= 0.6 is 11.6 Å². The van der Waals surface area contributed by atoms with Crippen molar-refractivity contribution in [2.75, 3.05) is 11.4 Å². The normalized spacial score (nSPS) is 15.6. The lowest BCUT2D eigenvalue weighted by molar-refractivity contribution is 0.485. The Kier molecular flexibility index (Phi) is 4.79. The number of rotatable bonds is 2. The van der Waals surface area contributed by atoms with Crippen molar-refractivity contribution in [1.82, 2.24) is 15.0 Å². The number of nitrogens with one attached hydrogen (secondary N) is 1. The highest BCUT2D eigenvalue weighted by molar-refractivity contribution is 6.31. The zero-order chi connectivity index (χ0) is 22.6. The molecule has 2 aromatic heterocycles. The van der Waals surface area contributed by atoms with Gasteiger partial charge in [0.25, 0.3) is 0 Å². The lowest BCUT2D eigenvalue weighted by Crippen LogP contribution is -2.38. The lowest BCUT2D eigenvalue weighted by Gasteiger charge is -2.36. The summed E-state index contributed by atoms with van der Waals surface area (Å²) in [5.74, 6) is -2.33. The molecule has 1 unspecified atom stereocenters. The predicted octanol–water partition coefficient (Wildman–Crippen LogP) is 5.36. The summed E-state index contributed by atoms with van der Waals surface area (Å²) in [5, 5.41) is 10.0. The second-order valence-electron chi connectivity index (χ2n) is 7.62. The monoisotopic (exact) mass is 453 g/mol. The summed E-state index contributed by atoms with van der Waals surface area (Å²) in [6.07, 6.45) is 0.504. The fourth-order valence-corrected chi connectivity index (χ4v) is 4.46. The Labute approximate surface area is 186 Å². The van der Waals surface area contributed by atoms with Gasteiger partial charge in [-0.3, -0.25) is 0 Å². The molecule has 0 fully saturated rings. The van der Waals surface area contributed by atoms with Crippen LogP contribution < -0.4 is 4.90 Å². The van der Waals surface area contributed by atoms with Crippen LogP contribution in [-0.2, 0) is 6.42 Å². The molecule has 2 aromatic carbocycles. The first-order chi connectivity index (χ1) is 15.4. The average Bonchev–Trinajstić information content (AvgIpc) is 3.12. The van der Waals surface area contributed by atoms with Gasteiger partial charge in [-0.05, 0) is 43.2 Å². The van der Waals surface area contributed by atoms with Crippen molar-refractivity contribution in [3.63, 3.8) is 0 Å². The Balaban J connectivity index is 1.78. The van der Waals surface area contributed by atoms with E-state index in [0.717, 1.165) is 17.0 Å². The van der Waals surface area contributed by atoms with Crippen LogP contribution in [0.1, 0.15) is 34.3 Å². The Morgan fingerprint density at radius 2 is 1.97 bits per heavy atom. The molecule has 0 saturated carbocycles. The molecule has 3 heterocycles. The van der Waals surface area contributed by atoms with E-state index in [1.807, 2.05) is 6.07 Å². The van der Waals surface area contributed by atoms with Gasteiger partial charge in [-0.1, -0.05) is 23.7 Å². The molecule has 0 bridgehead atoms. The van der Waals surface area contributed by atoms with Gasteiger partial charge in [0.2, 0.25) is 5.95 Å². The molecular formula is C23H15ClF3N5. The average molecular weight is 454 g/mol. The Morgan fingerprint density at radius 1 is 1.16 bits per heavy atom. The SMILES string of the molecule is Cc1cc(C#N)nc(N2CCc3c([nH]c4cc(F)c(Cl)cc34)C2c2cccc(F)c2F)n1. The molecule has 9 heteroatoms. The number of anilines is 1. The van der Waals surface area contributed by atoms with E-state index in [9.17, 15) is 18.4 Å². The van der Waals surface area contributed by atoms with Crippen molar-refractivity contribution in [3.05, 3.63) is 87.1 Å². The van der Waals surface area contributed by atoms with Crippen LogP contribution in [0.4, 0.5) is 19.1 Å². The smallest absolute Gasteiger partial charge is 0.227 e. The molecule has 1 aliphatic rings. The van der Waals surface area contributed by atoms with Gasteiger partial charge in [0.05, 0.1) is 5.02 Å². The van der Waals surface area contributed by atoms with E-state index >= 15 is 0 Å². The molecule has 1 aliphatic heterocycles. The van der Waals surface area contributed by atoms with Gasteiger partial charge in [0.1, 0.15) is 23.6 Å². The molecule has 1 N–H and O–H groups in total. The number of nitrogens with zero attached hydrogens (tertiary/aromatic N) is 4. The maximum absolute atomic E-state index is 15.0. The van der Waals surface area contributed by atoms with Crippen LogP contribution in [0, 0.1) is 35.7 Å².